The summed E-state index contributed by atoms with van der Waals surface area (Å²) in [5, 5.41) is 9.21. The summed E-state index contributed by atoms with van der Waals surface area (Å²) in [6.45, 7) is -0.764. The number of ether oxygens (including phenoxy) is 1. The fraction of sp³-hybridized carbons (Fsp3) is 0.636. The van der Waals surface area contributed by atoms with Gasteiger partial charge in [-0.15, -0.1) is 0 Å². The van der Waals surface area contributed by atoms with Crippen molar-refractivity contribution in [2.45, 2.75) is 37.3 Å². The number of hydrogen-bond donors (Lipinski definition) is 2. The Bertz CT molecular complexity index is 546. The molecule has 1 saturated heterocycles. The Kier molecular flexibility index (Phi) is 3.74. The van der Waals surface area contributed by atoms with Crippen LogP contribution in [0.1, 0.15) is 25.5 Å². The largest absolute Gasteiger partial charge is 0.393 e. The van der Waals surface area contributed by atoms with Gasteiger partial charge in [0.15, 0.2) is 0 Å². The van der Waals surface area contributed by atoms with Gasteiger partial charge in [0.2, 0.25) is 0 Å². The van der Waals surface area contributed by atoms with Crippen LogP contribution in [0.25, 0.3) is 0 Å². The minimum Gasteiger partial charge on any atom is -0.393 e. The Morgan fingerprint density at radius 1 is 1.60 bits per heavy atom. The molecule has 0 aliphatic carbocycles. The lowest BCUT2D eigenvalue weighted by atomic mass is 9.97. The number of nitrogen functional groups attached to an aromatic ring is 1. The SMILES string of the molecule is Nc1ccn(C2CCC(CO)(CC(F)(F)F)O2)c(=O)n1. The van der Waals surface area contributed by atoms with Crippen LogP contribution in [0.3, 0.4) is 0 Å². The molecule has 0 amide bonds. The van der Waals surface area contributed by atoms with Crippen LogP contribution in [-0.2, 0) is 4.74 Å². The fourth-order valence-electron chi connectivity index (χ4n) is 2.30. The van der Waals surface area contributed by atoms with Gasteiger partial charge in [-0.2, -0.15) is 18.2 Å². The van der Waals surface area contributed by atoms with Crippen molar-refractivity contribution >= 4 is 5.82 Å². The number of aromatic nitrogens is 2. The Labute approximate surface area is 112 Å². The van der Waals surface area contributed by atoms with Crippen molar-refractivity contribution < 1.29 is 23.0 Å². The molecule has 0 bridgehead atoms. The molecule has 0 radical (unpaired) electrons. The molecule has 0 saturated carbocycles. The topological polar surface area (TPSA) is 90.4 Å². The highest BCUT2D eigenvalue weighted by atomic mass is 19.4. The van der Waals surface area contributed by atoms with Crippen LogP contribution < -0.4 is 11.4 Å². The second-order valence-corrected chi connectivity index (χ2v) is 4.79. The summed E-state index contributed by atoms with van der Waals surface area (Å²) >= 11 is 0. The van der Waals surface area contributed by atoms with Gasteiger partial charge in [-0.1, -0.05) is 0 Å². The molecule has 2 atom stereocenters. The maximum Gasteiger partial charge on any atom is 0.391 e. The predicted octanol–water partition coefficient (Wildman–Crippen LogP) is 0.818. The van der Waals surface area contributed by atoms with Crippen molar-refractivity contribution in [1.82, 2.24) is 9.55 Å². The van der Waals surface area contributed by atoms with Gasteiger partial charge in [0.25, 0.3) is 0 Å². The molecule has 20 heavy (non-hydrogen) atoms. The van der Waals surface area contributed by atoms with Gasteiger partial charge in [0, 0.05) is 6.20 Å². The third-order valence-corrected chi connectivity index (χ3v) is 3.21. The molecule has 2 rings (SSSR count). The first kappa shape index (κ1) is 14.8. The van der Waals surface area contributed by atoms with E-state index in [0.717, 1.165) is 4.57 Å². The van der Waals surface area contributed by atoms with E-state index in [4.69, 9.17) is 10.5 Å². The molecule has 112 valence electrons. The van der Waals surface area contributed by atoms with E-state index in [9.17, 15) is 23.1 Å². The Balaban J connectivity index is 2.20. The Morgan fingerprint density at radius 3 is 2.85 bits per heavy atom. The van der Waals surface area contributed by atoms with E-state index in [2.05, 4.69) is 4.98 Å². The normalized spacial score (nSPS) is 26.9. The van der Waals surface area contributed by atoms with Gasteiger partial charge >= 0.3 is 11.9 Å². The molecule has 1 aliphatic rings. The van der Waals surface area contributed by atoms with Gasteiger partial charge in [0.05, 0.1) is 13.0 Å². The number of rotatable bonds is 3. The Morgan fingerprint density at radius 2 is 2.30 bits per heavy atom. The van der Waals surface area contributed by atoms with Crippen LogP contribution >= 0.6 is 0 Å². The molecule has 9 heteroatoms. The number of nitrogens with two attached hydrogens (primary N) is 1. The lowest BCUT2D eigenvalue weighted by Crippen LogP contribution is -2.39. The average molecular weight is 293 g/mol. The van der Waals surface area contributed by atoms with Gasteiger partial charge in [0.1, 0.15) is 17.6 Å². The maximum atomic E-state index is 12.5. The van der Waals surface area contributed by atoms with Crippen LogP contribution in [0.5, 0.6) is 0 Å². The Hall–Kier alpha value is -1.61. The molecule has 0 aromatic carbocycles. The second kappa shape index (κ2) is 5.06. The summed E-state index contributed by atoms with van der Waals surface area (Å²) in [6.07, 6.45) is -5.10. The van der Waals surface area contributed by atoms with Crippen LogP contribution in [0.2, 0.25) is 0 Å². The first-order valence-electron chi connectivity index (χ1n) is 5.95. The van der Waals surface area contributed by atoms with Gasteiger partial charge in [-0.05, 0) is 18.9 Å². The first-order valence-corrected chi connectivity index (χ1v) is 5.95. The lowest BCUT2D eigenvalue weighted by molar-refractivity contribution is -0.201. The van der Waals surface area contributed by atoms with E-state index in [1.807, 2.05) is 0 Å². The molecule has 6 nitrogen and oxygen atoms in total. The van der Waals surface area contributed by atoms with Crippen molar-refractivity contribution in [2.75, 3.05) is 12.3 Å². The number of alkyl halides is 3. The van der Waals surface area contributed by atoms with Crippen molar-refractivity contribution in [3.05, 3.63) is 22.7 Å². The molecule has 1 aromatic rings. The molecule has 1 aliphatic heterocycles. The lowest BCUT2D eigenvalue weighted by Gasteiger charge is -2.28. The molecule has 3 N–H and O–H groups in total. The molecular formula is C11H14F3N3O3. The smallest absolute Gasteiger partial charge is 0.391 e. The monoisotopic (exact) mass is 293 g/mol. The zero-order valence-electron chi connectivity index (χ0n) is 10.4. The van der Waals surface area contributed by atoms with E-state index in [1.54, 1.807) is 0 Å². The zero-order valence-corrected chi connectivity index (χ0v) is 10.4. The van der Waals surface area contributed by atoms with Crippen molar-refractivity contribution in [2.24, 2.45) is 0 Å². The van der Waals surface area contributed by atoms with Gasteiger partial charge in [-0.25, -0.2) is 4.79 Å². The second-order valence-electron chi connectivity index (χ2n) is 4.79. The van der Waals surface area contributed by atoms with Crippen molar-refractivity contribution in [3.8, 4) is 0 Å². The number of anilines is 1. The van der Waals surface area contributed by atoms with E-state index < -0.39 is 36.7 Å². The third-order valence-electron chi connectivity index (χ3n) is 3.21. The highest BCUT2D eigenvalue weighted by Crippen LogP contribution is 2.42. The maximum absolute atomic E-state index is 12.5. The molecule has 2 unspecified atom stereocenters. The van der Waals surface area contributed by atoms with Crippen LogP contribution in [-0.4, -0.2) is 33.0 Å². The van der Waals surface area contributed by atoms with Crippen molar-refractivity contribution in [1.29, 1.82) is 0 Å². The van der Waals surface area contributed by atoms with Crippen LogP contribution in [0.4, 0.5) is 19.0 Å². The summed E-state index contributed by atoms with van der Waals surface area (Å²) in [5.74, 6) is 0.0213. The standard InChI is InChI=1S/C11H14F3N3O3/c12-11(13,14)5-10(6-18)3-1-8(20-10)17-4-2-7(15)16-9(17)19/h2,4,8,18H,1,3,5-6H2,(H2,15,16,19). The molecule has 0 spiro atoms. The molecule has 2 heterocycles. The summed E-state index contributed by atoms with van der Waals surface area (Å²) in [4.78, 5) is 15.1. The van der Waals surface area contributed by atoms with E-state index in [-0.39, 0.29) is 18.7 Å². The predicted molar refractivity (Wildman–Crippen MR) is 62.8 cm³/mol. The highest BCUT2D eigenvalue weighted by Gasteiger charge is 2.48. The number of hydrogen-bond acceptors (Lipinski definition) is 5. The molecule has 1 fully saturated rings. The summed E-state index contributed by atoms with van der Waals surface area (Å²) < 4.78 is 43.9. The summed E-state index contributed by atoms with van der Waals surface area (Å²) in [7, 11) is 0. The average Bonchev–Trinajstić information content (AvgIpc) is 2.71. The molecule has 1 aromatic heterocycles. The third kappa shape index (κ3) is 3.10. The highest BCUT2D eigenvalue weighted by molar-refractivity contribution is 5.23. The summed E-state index contributed by atoms with van der Waals surface area (Å²) in [5.41, 5.74) is 2.93. The van der Waals surface area contributed by atoms with E-state index >= 15 is 0 Å². The van der Waals surface area contributed by atoms with Crippen LogP contribution in [0, 0.1) is 0 Å². The summed E-state index contributed by atoms with van der Waals surface area (Å²) in [6, 6.07) is 1.35. The number of aliphatic hydroxyl groups is 1. The van der Waals surface area contributed by atoms with Gasteiger partial charge in [-0.3, -0.25) is 4.57 Å². The zero-order chi connectivity index (χ0) is 15.0. The van der Waals surface area contributed by atoms with Gasteiger partial charge < -0.3 is 15.6 Å². The first-order chi connectivity index (χ1) is 9.25. The minimum atomic E-state index is -4.46. The number of aliphatic hydroxyl groups excluding tert-OH is 1. The van der Waals surface area contributed by atoms with Crippen molar-refractivity contribution in [3.63, 3.8) is 0 Å². The fourth-order valence-corrected chi connectivity index (χ4v) is 2.30. The van der Waals surface area contributed by atoms with Crippen LogP contribution in [0.15, 0.2) is 17.1 Å². The quantitative estimate of drug-likeness (QED) is 0.861. The minimum absolute atomic E-state index is 0.00446. The van der Waals surface area contributed by atoms with E-state index in [1.165, 1.54) is 12.3 Å². The van der Waals surface area contributed by atoms with E-state index in [0.29, 0.717) is 0 Å². The number of halogens is 3. The molecular weight excluding hydrogens is 279 g/mol. The number of nitrogens with zero attached hydrogens (tertiary/aromatic N) is 2.